The van der Waals surface area contributed by atoms with E-state index in [-0.39, 0.29) is 35.9 Å². The van der Waals surface area contributed by atoms with Crippen LogP contribution in [-0.4, -0.2) is 49.2 Å². The topological polar surface area (TPSA) is 66.0 Å². The summed E-state index contributed by atoms with van der Waals surface area (Å²) >= 11 is 0. The van der Waals surface area contributed by atoms with Gasteiger partial charge >= 0.3 is 6.09 Å². The lowest BCUT2D eigenvalue weighted by Gasteiger charge is -2.33. The molecule has 2 N–H and O–H groups in total. The molecule has 1 amide bonds. The van der Waals surface area contributed by atoms with Crippen LogP contribution in [0.15, 0.2) is 29.3 Å². The Balaban J connectivity index is 0.00000392. The fraction of sp³-hybridized carbons (Fsp3) is 0.600. The second kappa shape index (κ2) is 11.4. The van der Waals surface area contributed by atoms with Crippen molar-refractivity contribution in [2.75, 3.05) is 26.7 Å². The van der Waals surface area contributed by atoms with Crippen molar-refractivity contribution in [3.63, 3.8) is 0 Å². The van der Waals surface area contributed by atoms with E-state index < -0.39 is 5.60 Å². The van der Waals surface area contributed by atoms with Gasteiger partial charge in [0.05, 0.1) is 0 Å². The number of hydrogen-bond donors (Lipinski definition) is 2. The number of rotatable bonds is 4. The molecule has 0 bridgehead atoms. The predicted octanol–water partition coefficient (Wildman–Crippen LogP) is 3.76. The third-order valence-corrected chi connectivity index (χ3v) is 4.45. The Hall–Kier alpha value is -1.58. The van der Waals surface area contributed by atoms with Gasteiger partial charge in [0.2, 0.25) is 0 Å². The molecule has 1 heterocycles. The number of piperidine rings is 1. The average Bonchev–Trinajstić information content (AvgIpc) is 2.62. The molecule has 2 rings (SSSR count). The number of guanidine groups is 1. The van der Waals surface area contributed by atoms with Crippen molar-refractivity contribution in [1.82, 2.24) is 15.5 Å². The van der Waals surface area contributed by atoms with Gasteiger partial charge in [-0.2, -0.15) is 0 Å². The van der Waals surface area contributed by atoms with Gasteiger partial charge in [-0.1, -0.05) is 18.2 Å². The molecule has 0 unspecified atom stereocenters. The Morgan fingerprint density at radius 1 is 1.25 bits per heavy atom. The van der Waals surface area contributed by atoms with E-state index in [1.807, 2.05) is 26.8 Å². The van der Waals surface area contributed by atoms with E-state index in [4.69, 9.17) is 4.74 Å². The largest absolute Gasteiger partial charge is 0.444 e. The summed E-state index contributed by atoms with van der Waals surface area (Å²) in [6.45, 7) is 8.16. The molecule has 0 saturated carbocycles. The lowest BCUT2D eigenvalue weighted by atomic mass is 9.97. The fourth-order valence-corrected chi connectivity index (χ4v) is 2.93. The second-order valence-corrected chi connectivity index (χ2v) is 7.81. The Bertz CT molecular complexity index is 656. The van der Waals surface area contributed by atoms with Crippen LogP contribution in [0.5, 0.6) is 0 Å². The first-order chi connectivity index (χ1) is 12.8. The van der Waals surface area contributed by atoms with Crippen molar-refractivity contribution in [3.8, 4) is 0 Å². The van der Waals surface area contributed by atoms with Crippen LogP contribution in [0.25, 0.3) is 0 Å². The summed E-state index contributed by atoms with van der Waals surface area (Å²) < 4.78 is 19.1. The Labute approximate surface area is 184 Å². The van der Waals surface area contributed by atoms with Crippen LogP contribution in [0.3, 0.4) is 0 Å². The summed E-state index contributed by atoms with van der Waals surface area (Å²) in [6.07, 6.45) is 1.59. The van der Waals surface area contributed by atoms with Gasteiger partial charge in [0.25, 0.3) is 0 Å². The normalized spacial score (nSPS) is 15.6. The van der Waals surface area contributed by atoms with Crippen molar-refractivity contribution >= 4 is 36.0 Å². The maximum atomic E-state index is 13.7. The van der Waals surface area contributed by atoms with Crippen LogP contribution in [0.2, 0.25) is 0 Å². The molecule has 6 nitrogen and oxygen atoms in total. The molecule has 28 heavy (non-hydrogen) atoms. The fourth-order valence-electron chi connectivity index (χ4n) is 2.93. The standard InChI is InChI=1S/C20H31FN4O2.HI/c1-20(2,3)27-19(26)25-11-9-15(10-12-25)13-23-18(22-4)24-14-16-7-5-6-8-17(16)21;/h5-8,15H,9-14H2,1-4H3,(H2,22,23,24);1H. The van der Waals surface area contributed by atoms with E-state index in [9.17, 15) is 9.18 Å². The number of aliphatic imine (C=N–C) groups is 1. The molecule has 0 spiro atoms. The average molecular weight is 506 g/mol. The molecule has 0 aromatic heterocycles. The zero-order valence-electron chi connectivity index (χ0n) is 17.1. The number of benzene rings is 1. The third-order valence-electron chi connectivity index (χ3n) is 4.45. The van der Waals surface area contributed by atoms with Crippen LogP contribution in [0, 0.1) is 11.7 Å². The van der Waals surface area contributed by atoms with Crippen molar-refractivity contribution in [2.24, 2.45) is 10.9 Å². The lowest BCUT2D eigenvalue weighted by Crippen LogP contribution is -2.45. The highest BCUT2D eigenvalue weighted by molar-refractivity contribution is 14.0. The number of nitrogens with zero attached hydrogens (tertiary/aromatic N) is 2. The molecule has 8 heteroatoms. The second-order valence-electron chi connectivity index (χ2n) is 7.81. The Morgan fingerprint density at radius 3 is 2.46 bits per heavy atom. The van der Waals surface area contributed by atoms with Crippen molar-refractivity contribution < 1.29 is 13.9 Å². The van der Waals surface area contributed by atoms with Crippen molar-refractivity contribution in [2.45, 2.75) is 45.8 Å². The third kappa shape index (κ3) is 8.20. The van der Waals surface area contributed by atoms with E-state index in [0.717, 1.165) is 19.4 Å². The minimum absolute atomic E-state index is 0. The molecule has 1 aromatic rings. The molecule has 0 atom stereocenters. The molecule has 1 fully saturated rings. The minimum Gasteiger partial charge on any atom is -0.444 e. The van der Waals surface area contributed by atoms with E-state index in [0.29, 0.717) is 37.1 Å². The summed E-state index contributed by atoms with van der Waals surface area (Å²) in [5.41, 5.74) is 0.136. The lowest BCUT2D eigenvalue weighted by molar-refractivity contribution is 0.0185. The molecule has 0 aliphatic carbocycles. The van der Waals surface area contributed by atoms with Crippen molar-refractivity contribution in [3.05, 3.63) is 35.6 Å². The minimum atomic E-state index is -0.466. The molecule has 0 radical (unpaired) electrons. The first kappa shape index (κ1) is 24.5. The molecule has 1 aliphatic rings. The number of carbonyl (C=O) groups is 1. The first-order valence-electron chi connectivity index (χ1n) is 9.44. The number of halogens is 2. The van der Waals surface area contributed by atoms with Crippen LogP contribution in [-0.2, 0) is 11.3 Å². The molecule has 1 saturated heterocycles. The maximum Gasteiger partial charge on any atom is 0.410 e. The molecular formula is C20H32FIN4O2. The summed E-state index contributed by atoms with van der Waals surface area (Å²) in [6, 6.07) is 6.69. The van der Waals surface area contributed by atoms with Gasteiger partial charge in [0, 0.05) is 38.8 Å². The smallest absolute Gasteiger partial charge is 0.410 e. The van der Waals surface area contributed by atoms with E-state index in [2.05, 4.69) is 15.6 Å². The van der Waals surface area contributed by atoms with Gasteiger partial charge in [-0.25, -0.2) is 9.18 Å². The van der Waals surface area contributed by atoms with Crippen molar-refractivity contribution in [1.29, 1.82) is 0 Å². The van der Waals surface area contributed by atoms with Crippen LogP contribution in [0.4, 0.5) is 9.18 Å². The summed E-state index contributed by atoms with van der Waals surface area (Å²) in [7, 11) is 1.70. The number of amides is 1. The number of carbonyl (C=O) groups excluding carboxylic acids is 1. The Morgan fingerprint density at radius 2 is 1.89 bits per heavy atom. The maximum absolute atomic E-state index is 13.7. The highest BCUT2D eigenvalue weighted by atomic mass is 127. The number of ether oxygens (including phenoxy) is 1. The number of nitrogens with one attached hydrogen (secondary N) is 2. The Kier molecular flexibility index (Phi) is 9.98. The van der Waals surface area contributed by atoms with Gasteiger partial charge in [-0.3, -0.25) is 4.99 Å². The highest BCUT2D eigenvalue weighted by Gasteiger charge is 2.26. The van der Waals surface area contributed by atoms with E-state index >= 15 is 0 Å². The van der Waals surface area contributed by atoms with Gasteiger partial charge in [0.15, 0.2) is 5.96 Å². The molecule has 1 aromatic carbocycles. The number of hydrogen-bond acceptors (Lipinski definition) is 3. The van der Waals surface area contributed by atoms with Gasteiger partial charge < -0.3 is 20.3 Å². The summed E-state index contributed by atoms with van der Waals surface area (Å²) in [4.78, 5) is 18.1. The molecule has 158 valence electrons. The van der Waals surface area contributed by atoms with Gasteiger partial charge in [0.1, 0.15) is 11.4 Å². The quantitative estimate of drug-likeness (QED) is 0.371. The summed E-state index contributed by atoms with van der Waals surface area (Å²) in [5.74, 6) is 0.874. The highest BCUT2D eigenvalue weighted by Crippen LogP contribution is 2.19. The monoisotopic (exact) mass is 506 g/mol. The van der Waals surface area contributed by atoms with E-state index in [1.165, 1.54) is 6.07 Å². The number of likely N-dealkylation sites (tertiary alicyclic amines) is 1. The predicted molar refractivity (Wildman–Crippen MR) is 121 cm³/mol. The zero-order chi connectivity index (χ0) is 19.9. The SMILES string of the molecule is CN=C(NCc1ccccc1F)NCC1CCN(C(=O)OC(C)(C)C)CC1.I. The van der Waals surface area contributed by atoms with E-state index in [1.54, 1.807) is 24.1 Å². The summed E-state index contributed by atoms with van der Waals surface area (Å²) in [5, 5.41) is 6.43. The molecular weight excluding hydrogens is 474 g/mol. The van der Waals surface area contributed by atoms with Crippen LogP contribution < -0.4 is 10.6 Å². The zero-order valence-corrected chi connectivity index (χ0v) is 19.5. The molecule has 1 aliphatic heterocycles. The first-order valence-corrected chi connectivity index (χ1v) is 9.44. The van der Waals surface area contributed by atoms with Gasteiger partial charge in [-0.15, -0.1) is 24.0 Å². The van der Waals surface area contributed by atoms with Gasteiger partial charge in [-0.05, 0) is 45.6 Å². The van der Waals surface area contributed by atoms with Crippen LogP contribution >= 0.6 is 24.0 Å². The van der Waals surface area contributed by atoms with Crippen LogP contribution in [0.1, 0.15) is 39.2 Å².